The van der Waals surface area contributed by atoms with Crippen molar-refractivity contribution in [2.24, 2.45) is 0 Å². The lowest BCUT2D eigenvalue weighted by atomic mass is 9.91. The summed E-state index contributed by atoms with van der Waals surface area (Å²) in [6.07, 6.45) is 6.66. The molecule has 0 saturated carbocycles. The van der Waals surface area contributed by atoms with Gasteiger partial charge in [-0.25, -0.2) is 0 Å². The average Bonchev–Trinajstić information content (AvgIpc) is 2.16. The van der Waals surface area contributed by atoms with Gasteiger partial charge in [0.05, 0.1) is 7.11 Å². The highest BCUT2D eigenvalue weighted by atomic mass is 16.5. The van der Waals surface area contributed by atoms with Crippen LogP contribution in [-0.4, -0.2) is 7.11 Å². The van der Waals surface area contributed by atoms with Crippen LogP contribution < -0.4 is 0 Å². The van der Waals surface area contributed by atoms with Crippen molar-refractivity contribution in [3.63, 3.8) is 0 Å². The van der Waals surface area contributed by atoms with E-state index in [-0.39, 0.29) is 0 Å². The number of hydrogen-bond acceptors (Lipinski definition) is 1. The zero-order valence-electron chi connectivity index (χ0n) is 7.73. The molecule has 1 rings (SSSR count). The van der Waals surface area contributed by atoms with Crippen LogP contribution in [0.25, 0.3) is 0 Å². The fourth-order valence-electron chi connectivity index (χ4n) is 1.60. The molecule has 1 aliphatic rings. The van der Waals surface area contributed by atoms with Gasteiger partial charge in [-0.15, -0.1) is 0 Å². The minimum Gasteiger partial charge on any atom is -0.497 e. The van der Waals surface area contributed by atoms with Crippen LogP contribution in [0.1, 0.15) is 25.7 Å². The predicted molar refractivity (Wildman–Crippen MR) is 51.8 cm³/mol. The van der Waals surface area contributed by atoms with E-state index in [1.54, 1.807) is 7.11 Å². The molecule has 0 saturated heterocycles. The van der Waals surface area contributed by atoms with Gasteiger partial charge < -0.3 is 4.74 Å². The van der Waals surface area contributed by atoms with Gasteiger partial charge in [-0.2, -0.15) is 0 Å². The molecule has 1 aliphatic carbocycles. The second kappa shape index (κ2) is 4.15. The van der Waals surface area contributed by atoms with E-state index < -0.39 is 0 Å². The molecule has 0 aromatic carbocycles. The molecule has 0 amide bonds. The zero-order valence-corrected chi connectivity index (χ0v) is 7.73. The highest BCUT2D eigenvalue weighted by molar-refractivity contribution is 5.36. The first kappa shape index (κ1) is 9.11. The van der Waals surface area contributed by atoms with E-state index in [9.17, 15) is 0 Å². The summed E-state index contributed by atoms with van der Waals surface area (Å²) in [5.74, 6) is 0.810. The van der Waals surface area contributed by atoms with Gasteiger partial charge in [-0.1, -0.05) is 19.2 Å². The Kier molecular flexibility index (Phi) is 3.15. The third-order valence-electron chi connectivity index (χ3n) is 2.34. The van der Waals surface area contributed by atoms with E-state index in [0.717, 1.165) is 18.6 Å². The molecule has 1 heteroatoms. The molecule has 0 atom stereocenters. The van der Waals surface area contributed by atoms with Crippen molar-refractivity contribution in [1.29, 1.82) is 0 Å². The Hall–Kier alpha value is -0.980. The summed E-state index contributed by atoms with van der Waals surface area (Å²) in [6, 6.07) is 0. The van der Waals surface area contributed by atoms with E-state index >= 15 is 0 Å². The van der Waals surface area contributed by atoms with Crippen LogP contribution >= 0.6 is 0 Å². The fourth-order valence-corrected chi connectivity index (χ4v) is 1.60. The van der Waals surface area contributed by atoms with Crippen LogP contribution in [0.2, 0.25) is 0 Å². The standard InChI is InChI=1S/C11H16O/c1-4-10-7-5-6-8-11(10)9(2)12-3/h4H,1-2,5-8H2,3H3. The summed E-state index contributed by atoms with van der Waals surface area (Å²) in [5, 5.41) is 0. The van der Waals surface area contributed by atoms with E-state index in [1.165, 1.54) is 24.0 Å². The summed E-state index contributed by atoms with van der Waals surface area (Å²) in [4.78, 5) is 0. The smallest absolute Gasteiger partial charge is 0.115 e. The SMILES string of the molecule is C=CC1=C(C(=C)OC)CCCC1. The van der Waals surface area contributed by atoms with Crippen molar-refractivity contribution in [1.82, 2.24) is 0 Å². The Bertz CT molecular complexity index is 223. The van der Waals surface area contributed by atoms with Crippen LogP contribution in [0.5, 0.6) is 0 Å². The third-order valence-corrected chi connectivity index (χ3v) is 2.34. The summed E-state index contributed by atoms with van der Waals surface area (Å²) < 4.78 is 5.12. The minimum absolute atomic E-state index is 0.810. The number of hydrogen-bond donors (Lipinski definition) is 0. The van der Waals surface area contributed by atoms with Crippen molar-refractivity contribution in [3.05, 3.63) is 36.1 Å². The summed E-state index contributed by atoms with van der Waals surface area (Å²) >= 11 is 0. The Balaban J connectivity index is 2.86. The minimum atomic E-state index is 0.810. The van der Waals surface area contributed by atoms with Crippen molar-refractivity contribution in [3.8, 4) is 0 Å². The van der Waals surface area contributed by atoms with Gasteiger partial charge in [0.1, 0.15) is 5.76 Å². The lowest BCUT2D eigenvalue weighted by Crippen LogP contribution is -2.01. The number of rotatable bonds is 3. The van der Waals surface area contributed by atoms with Crippen LogP contribution in [0.3, 0.4) is 0 Å². The second-order valence-corrected chi connectivity index (χ2v) is 3.04. The van der Waals surface area contributed by atoms with Gasteiger partial charge in [-0.05, 0) is 36.8 Å². The highest BCUT2D eigenvalue weighted by Gasteiger charge is 2.12. The Morgan fingerprint density at radius 2 is 2.08 bits per heavy atom. The molecule has 0 aromatic heterocycles. The quantitative estimate of drug-likeness (QED) is 0.582. The summed E-state index contributed by atoms with van der Waals surface area (Å²) in [6.45, 7) is 7.66. The maximum Gasteiger partial charge on any atom is 0.115 e. The topological polar surface area (TPSA) is 9.23 Å². The van der Waals surface area contributed by atoms with Gasteiger partial charge >= 0.3 is 0 Å². The maximum absolute atomic E-state index is 5.12. The lowest BCUT2D eigenvalue weighted by Gasteiger charge is -2.18. The van der Waals surface area contributed by atoms with E-state index in [1.807, 2.05) is 6.08 Å². The summed E-state index contributed by atoms with van der Waals surface area (Å²) in [7, 11) is 1.67. The largest absolute Gasteiger partial charge is 0.497 e. The first-order chi connectivity index (χ1) is 5.79. The van der Waals surface area contributed by atoms with E-state index in [0.29, 0.717) is 0 Å². The maximum atomic E-state index is 5.12. The fraction of sp³-hybridized carbons (Fsp3) is 0.455. The lowest BCUT2D eigenvalue weighted by molar-refractivity contribution is 0.297. The van der Waals surface area contributed by atoms with E-state index in [4.69, 9.17) is 4.74 Å². The molecular weight excluding hydrogens is 148 g/mol. The Morgan fingerprint density at radius 3 is 2.67 bits per heavy atom. The van der Waals surface area contributed by atoms with Crippen LogP contribution in [-0.2, 0) is 4.74 Å². The molecule has 66 valence electrons. The van der Waals surface area contributed by atoms with Gasteiger partial charge in [0, 0.05) is 0 Å². The molecular formula is C11H16O. The van der Waals surface area contributed by atoms with Gasteiger partial charge in [0.25, 0.3) is 0 Å². The molecule has 0 spiro atoms. The molecule has 0 N–H and O–H groups in total. The average molecular weight is 164 g/mol. The van der Waals surface area contributed by atoms with E-state index in [2.05, 4.69) is 13.2 Å². The van der Waals surface area contributed by atoms with Crippen LogP contribution in [0.15, 0.2) is 36.1 Å². The first-order valence-corrected chi connectivity index (χ1v) is 4.37. The van der Waals surface area contributed by atoms with Gasteiger partial charge in [0.2, 0.25) is 0 Å². The molecule has 0 aliphatic heterocycles. The molecule has 0 bridgehead atoms. The second-order valence-electron chi connectivity index (χ2n) is 3.04. The Morgan fingerprint density at radius 1 is 1.42 bits per heavy atom. The Labute approximate surface area is 74.4 Å². The van der Waals surface area contributed by atoms with Crippen LogP contribution in [0.4, 0.5) is 0 Å². The van der Waals surface area contributed by atoms with Crippen LogP contribution in [0, 0.1) is 0 Å². The molecule has 0 radical (unpaired) electrons. The van der Waals surface area contributed by atoms with Crippen molar-refractivity contribution < 1.29 is 4.74 Å². The van der Waals surface area contributed by atoms with Gasteiger partial charge in [-0.3, -0.25) is 0 Å². The summed E-state index contributed by atoms with van der Waals surface area (Å²) in [5.41, 5.74) is 2.58. The highest BCUT2D eigenvalue weighted by Crippen LogP contribution is 2.29. The van der Waals surface area contributed by atoms with Crippen molar-refractivity contribution in [2.75, 3.05) is 7.11 Å². The first-order valence-electron chi connectivity index (χ1n) is 4.37. The van der Waals surface area contributed by atoms with Gasteiger partial charge in [0.15, 0.2) is 0 Å². The molecule has 0 unspecified atom stereocenters. The molecule has 0 heterocycles. The zero-order chi connectivity index (χ0) is 8.97. The molecule has 12 heavy (non-hydrogen) atoms. The predicted octanol–water partition coefficient (Wildman–Crippen LogP) is 3.20. The third kappa shape index (κ3) is 1.79. The number of allylic oxidation sites excluding steroid dienone is 3. The van der Waals surface area contributed by atoms with Crippen molar-refractivity contribution >= 4 is 0 Å². The molecule has 0 fully saturated rings. The van der Waals surface area contributed by atoms with Crippen molar-refractivity contribution in [2.45, 2.75) is 25.7 Å². The molecule has 1 nitrogen and oxygen atoms in total. The monoisotopic (exact) mass is 164 g/mol. The number of methoxy groups -OCH3 is 1. The molecule has 0 aromatic rings. The number of ether oxygens (including phenoxy) is 1. The normalized spacial score (nSPS) is 17.4.